The summed E-state index contributed by atoms with van der Waals surface area (Å²) in [6, 6.07) is 0. The van der Waals surface area contributed by atoms with Crippen LogP contribution in [-0.4, -0.2) is 22.9 Å². The van der Waals surface area contributed by atoms with Crippen molar-refractivity contribution in [1.29, 1.82) is 0 Å². The normalized spacial score (nSPS) is 29.4. The Labute approximate surface area is 74.9 Å². The van der Waals surface area contributed by atoms with E-state index in [1.165, 1.54) is 0 Å². The Morgan fingerprint density at radius 2 is 2.50 bits per heavy atom. The van der Waals surface area contributed by atoms with Crippen molar-refractivity contribution >= 4 is 12.2 Å². The quantitative estimate of drug-likeness (QED) is 0.677. The van der Waals surface area contributed by atoms with E-state index in [0.717, 1.165) is 6.42 Å². The van der Waals surface area contributed by atoms with Gasteiger partial charge in [0.15, 0.2) is 0 Å². The van der Waals surface area contributed by atoms with Gasteiger partial charge in [-0.25, -0.2) is 5.10 Å². The van der Waals surface area contributed by atoms with Crippen molar-refractivity contribution in [2.45, 2.75) is 25.4 Å². The molecule has 4 nitrogen and oxygen atoms in total. The predicted molar refractivity (Wildman–Crippen MR) is 44.5 cm³/mol. The topological polar surface area (TPSA) is 51.0 Å². The van der Waals surface area contributed by atoms with Crippen LogP contribution < -0.4 is 0 Å². The maximum Gasteiger partial charge on any atom is 0.284 e. The molecule has 0 spiro atoms. The van der Waals surface area contributed by atoms with Crippen LogP contribution in [-0.2, 0) is 4.74 Å². The number of aromatic nitrogens is 2. The van der Waals surface area contributed by atoms with Crippen molar-refractivity contribution in [2.24, 2.45) is 0 Å². The summed E-state index contributed by atoms with van der Waals surface area (Å²) >= 11 is 4.77. The summed E-state index contributed by atoms with van der Waals surface area (Å²) < 4.78 is 10.6. The molecule has 0 aliphatic carbocycles. The van der Waals surface area contributed by atoms with Crippen LogP contribution in [0.1, 0.15) is 25.2 Å². The van der Waals surface area contributed by atoms with Gasteiger partial charge in [0.05, 0.1) is 18.6 Å². The molecule has 0 bridgehead atoms. The van der Waals surface area contributed by atoms with Gasteiger partial charge in [-0.05, 0) is 25.6 Å². The van der Waals surface area contributed by atoms with E-state index >= 15 is 0 Å². The second-order valence-electron chi connectivity index (χ2n) is 3.03. The first-order chi connectivity index (χ1) is 5.75. The molecule has 2 rings (SSSR count). The molecule has 2 unspecified atom stereocenters. The van der Waals surface area contributed by atoms with Gasteiger partial charge in [-0.1, -0.05) is 0 Å². The van der Waals surface area contributed by atoms with Gasteiger partial charge in [0.2, 0.25) is 5.89 Å². The lowest BCUT2D eigenvalue weighted by molar-refractivity contribution is 0.122. The third-order valence-electron chi connectivity index (χ3n) is 2.00. The lowest BCUT2D eigenvalue weighted by Gasteiger charge is -1.98. The van der Waals surface area contributed by atoms with Crippen molar-refractivity contribution in [2.75, 3.05) is 6.61 Å². The molecule has 1 aromatic rings. The fraction of sp³-hybridized carbons (Fsp3) is 0.714. The zero-order chi connectivity index (χ0) is 8.55. The fourth-order valence-corrected chi connectivity index (χ4v) is 1.54. The molecule has 1 aromatic heterocycles. The van der Waals surface area contributed by atoms with Crippen molar-refractivity contribution in [3.05, 3.63) is 10.7 Å². The molecule has 1 saturated heterocycles. The van der Waals surface area contributed by atoms with E-state index in [1.54, 1.807) is 0 Å². The maximum atomic E-state index is 5.38. The summed E-state index contributed by atoms with van der Waals surface area (Å²) in [5, 5.41) is 6.56. The highest BCUT2D eigenvalue weighted by molar-refractivity contribution is 7.71. The van der Waals surface area contributed by atoms with Crippen molar-refractivity contribution in [1.82, 2.24) is 10.2 Å². The first kappa shape index (κ1) is 7.94. The molecule has 0 radical (unpaired) electrons. The minimum Gasteiger partial charge on any atom is -0.414 e. The molecule has 0 amide bonds. The molecule has 2 atom stereocenters. The highest BCUT2D eigenvalue weighted by Crippen LogP contribution is 2.27. The van der Waals surface area contributed by atoms with Crippen LogP contribution in [0.4, 0.5) is 0 Å². The largest absolute Gasteiger partial charge is 0.414 e. The van der Waals surface area contributed by atoms with E-state index in [1.807, 2.05) is 6.92 Å². The SMILES string of the molecule is CC1CC(c2n[nH]c(=S)o2)CO1. The van der Waals surface area contributed by atoms with E-state index in [0.29, 0.717) is 23.4 Å². The van der Waals surface area contributed by atoms with Gasteiger partial charge in [-0.3, -0.25) is 0 Å². The average Bonchev–Trinajstić information content (AvgIpc) is 2.58. The molecule has 1 aliphatic rings. The minimum absolute atomic E-state index is 0.271. The Morgan fingerprint density at radius 3 is 3.00 bits per heavy atom. The number of ether oxygens (including phenoxy) is 1. The van der Waals surface area contributed by atoms with Gasteiger partial charge < -0.3 is 9.15 Å². The van der Waals surface area contributed by atoms with Crippen LogP contribution in [0.25, 0.3) is 0 Å². The fourth-order valence-electron chi connectivity index (χ4n) is 1.41. The summed E-state index contributed by atoms with van der Waals surface area (Å²) in [5.74, 6) is 0.942. The second-order valence-corrected chi connectivity index (χ2v) is 3.40. The molecule has 2 heterocycles. The number of hydrogen-bond acceptors (Lipinski definition) is 4. The molecule has 12 heavy (non-hydrogen) atoms. The minimum atomic E-state index is 0.271. The average molecular weight is 186 g/mol. The van der Waals surface area contributed by atoms with E-state index in [-0.39, 0.29) is 5.92 Å². The van der Waals surface area contributed by atoms with Crippen LogP contribution in [0.15, 0.2) is 4.42 Å². The Hall–Kier alpha value is -0.680. The van der Waals surface area contributed by atoms with Gasteiger partial charge >= 0.3 is 0 Å². The number of hydrogen-bond donors (Lipinski definition) is 1. The van der Waals surface area contributed by atoms with E-state index < -0.39 is 0 Å². The van der Waals surface area contributed by atoms with Gasteiger partial charge in [-0.15, -0.1) is 5.10 Å². The Kier molecular flexibility index (Phi) is 1.98. The molecule has 1 N–H and O–H groups in total. The Morgan fingerprint density at radius 1 is 1.67 bits per heavy atom. The van der Waals surface area contributed by atoms with Gasteiger partial charge in [-0.2, -0.15) is 0 Å². The summed E-state index contributed by atoms with van der Waals surface area (Å²) in [4.78, 5) is 0.338. The maximum absolute atomic E-state index is 5.38. The number of nitrogens with one attached hydrogen (secondary N) is 1. The van der Waals surface area contributed by atoms with Crippen molar-refractivity contribution in [3.63, 3.8) is 0 Å². The van der Waals surface area contributed by atoms with Crippen LogP contribution in [0.5, 0.6) is 0 Å². The van der Waals surface area contributed by atoms with E-state index in [9.17, 15) is 0 Å². The molecular weight excluding hydrogens is 176 g/mol. The summed E-state index contributed by atoms with van der Waals surface area (Å²) in [6.45, 7) is 2.73. The predicted octanol–water partition coefficient (Wildman–Crippen LogP) is 1.62. The molecule has 66 valence electrons. The number of nitrogens with zero attached hydrogens (tertiary/aromatic N) is 1. The molecule has 1 aliphatic heterocycles. The van der Waals surface area contributed by atoms with E-state index in [4.69, 9.17) is 21.4 Å². The van der Waals surface area contributed by atoms with Gasteiger partial charge in [0, 0.05) is 0 Å². The van der Waals surface area contributed by atoms with Crippen LogP contribution in [0.2, 0.25) is 0 Å². The van der Waals surface area contributed by atoms with Gasteiger partial charge in [0.25, 0.3) is 4.84 Å². The van der Waals surface area contributed by atoms with Gasteiger partial charge in [0.1, 0.15) is 0 Å². The zero-order valence-electron chi connectivity index (χ0n) is 6.74. The molecular formula is C7H10N2O2S. The standard InChI is InChI=1S/C7H10N2O2S/c1-4-2-5(3-10-4)6-8-9-7(12)11-6/h4-5H,2-3H2,1H3,(H,9,12). The third-order valence-corrected chi connectivity index (χ3v) is 2.18. The van der Waals surface area contributed by atoms with Crippen molar-refractivity contribution < 1.29 is 9.15 Å². The first-order valence-electron chi connectivity index (χ1n) is 3.92. The summed E-state index contributed by atoms with van der Waals surface area (Å²) in [7, 11) is 0. The number of aromatic amines is 1. The lowest BCUT2D eigenvalue weighted by Crippen LogP contribution is -1.98. The second kappa shape index (κ2) is 2.99. The molecule has 0 saturated carbocycles. The monoisotopic (exact) mass is 186 g/mol. The zero-order valence-corrected chi connectivity index (χ0v) is 7.56. The van der Waals surface area contributed by atoms with Crippen LogP contribution in [0, 0.1) is 4.84 Å². The van der Waals surface area contributed by atoms with Crippen molar-refractivity contribution in [3.8, 4) is 0 Å². The molecule has 0 aromatic carbocycles. The summed E-state index contributed by atoms with van der Waals surface area (Å²) in [5.41, 5.74) is 0. The number of rotatable bonds is 1. The third kappa shape index (κ3) is 1.42. The van der Waals surface area contributed by atoms with Crippen LogP contribution >= 0.6 is 12.2 Å². The van der Waals surface area contributed by atoms with Crippen LogP contribution in [0.3, 0.4) is 0 Å². The Balaban J connectivity index is 2.16. The first-order valence-corrected chi connectivity index (χ1v) is 4.33. The number of H-pyrrole nitrogens is 1. The van der Waals surface area contributed by atoms with E-state index in [2.05, 4.69) is 10.2 Å². The molecule has 1 fully saturated rings. The molecule has 5 heteroatoms. The highest BCUT2D eigenvalue weighted by Gasteiger charge is 2.27. The Bertz CT molecular complexity index is 319. The lowest BCUT2D eigenvalue weighted by atomic mass is 10.1. The smallest absolute Gasteiger partial charge is 0.284 e. The summed E-state index contributed by atoms with van der Waals surface area (Å²) in [6.07, 6.45) is 1.26. The highest BCUT2D eigenvalue weighted by atomic mass is 32.1.